The van der Waals surface area contributed by atoms with Crippen molar-refractivity contribution in [3.63, 3.8) is 0 Å². The van der Waals surface area contributed by atoms with Crippen molar-refractivity contribution in [3.05, 3.63) is 34.6 Å². The Balaban J connectivity index is 1.12. The summed E-state index contributed by atoms with van der Waals surface area (Å²) in [6.45, 7) is 1.55. The Hall–Kier alpha value is -0.640. The van der Waals surface area contributed by atoms with E-state index >= 15 is 0 Å². The molecule has 0 radical (unpaired) electrons. The van der Waals surface area contributed by atoms with Crippen LogP contribution >= 0.6 is 11.6 Å². The minimum Gasteiger partial charge on any atom is -0.350 e. The van der Waals surface area contributed by atoms with Crippen LogP contribution in [-0.4, -0.2) is 19.5 Å². The summed E-state index contributed by atoms with van der Waals surface area (Å²) >= 11 is 5.79. The highest BCUT2D eigenvalue weighted by molar-refractivity contribution is 6.30. The summed E-state index contributed by atoms with van der Waals surface area (Å²) in [5.74, 6) is 3.31. The second-order valence-electron chi connectivity index (χ2n) is 9.60. The Morgan fingerprint density at radius 3 is 1.97 bits per heavy atom. The zero-order valence-electron chi connectivity index (χ0n) is 17.6. The van der Waals surface area contributed by atoms with E-state index in [1.807, 2.05) is 6.07 Å². The van der Waals surface area contributed by atoms with E-state index < -0.39 is 0 Å². The third kappa shape index (κ3) is 6.18. The highest BCUT2D eigenvalue weighted by Gasteiger charge is 2.31. The molecule has 2 saturated carbocycles. The Morgan fingerprint density at radius 1 is 0.793 bits per heavy atom. The van der Waals surface area contributed by atoms with Gasteiger partial charge in [-0.25, -0.2) is 4.39 Å². The SMILES string of the molecule is Fc1cc(CCC2CCC([C@H]3CC[C@H](CCC4OCCO4)CC3)CC2)ccc1Cl. The molecule has 0 aromatic heterocycles. The summed E-state index contributed by atoms with van der Waals surface area (Å²) in [6, 6.07) is 5.27. The van der Waals surface area contributed by atoms with Crippen LogP contribution in [0.15, 0.2) is 18.2 Å². The van der Waals surface area contributed by atoms with Gasteiger partial charge in [0.15, 0.2) is 6.29 Å². The standard InChI is InChI=1S/C25H36ClFO2/c26-23-13-7-20(17-24(23)27)2-1-18-3-9-21(10-4-18)22-11-5-19(6-12-22)8-14-25-28-15-16-29-25/h7,13,17-19,21-22,25H,1-6,8-12,14-16H2/t18?,19-,21?,22-. The molecule has 0 spiro atoms. The number of rotatable bonds is 7. The molecule has 1 aromatic rings. The first-order valence-electron chi connectivity index (χ1n) is 11.8. The highest BCUT2D eigenvalue weighted by atomic mass is 35.5. The molecule has 2 aliphatic carbocycles. The van der Waals surface area contributed by atoms with Crippen molar-refractivity contribution in [2.75, 3.05) is 13.2 Å². The van der Waals surface area contributed by atoms with Gasteiger partial charge in [0.05, 0.1) is 18.2 Å². The molecular formula is C25H36ClFO2. The van der Waals surface area contributed by atoms with E-state index in [9.17, 15) is 4.39 Å². The van der Waals surface area contributed by atoms with E-state index in [2.05, 4.69) is 0 Å². The van der Waals surface area contributed by atoms with E-state index in [4.69, 9.17) is 21.1 Å². The molecule has 0 unspecified atom stereocenters. The fourth-order valence-corrected chi connectivity index (χ4v) is 6.03. The van der Waals surface area contributed by atoms with Crippen molar-refractivity contribution < 1.29 is 13.9 Å². The lowest BCUT2D eigenvalue weighted by Gasteiger charge is -2.38. The lowest BCUT2D eigenvalue weighted by Crippen LogP contribution is -2.26. The van der Waals surface area contributed by atoms with Crippen LogP contribution in [0.3, 0.4) is 0 Å². The van der Waals surface area contributed by atoms with E-state index in [-0.39, 0.29) is 17.1 Å². The van der Waals surface area contributed by atoms with Gasteiger partial charge in [-0.15, -0.1) is 0 Å². The molecule has 0 atom stereocenters. The van der Waals surface area contributed by atoms with E-state index in [0.29, 0.717) is 0 Å². The molecule has 0 amide bonds. The maximum absolute atomic E-state index is 13.6. The van der Waals surface area contributed by atoms with E-state index in [1.54, 1.807) is 12.1 Å². The molecule has 3 fully saturated rings. The average Bonchev–Trinajstić information content (AvgIpc) is 3.28. The first kappa shape index (κ1) is 21.6. The van der Waals surface area contributed by atoms with Gasteiger partial charge in [0.25, 0.3) is 0 Å². The second-order valence-corrected chi connectivity index (χ2v) is 10.0. The van der Waals surface area contributed by atoms with Crippen LogP contribution in [0.2, 0.25) is 5.02 Å². The van der Waals surface area contributed by atoms with Crippen molar-refractivity contribution in [3.8, 4) is 0 Å². The van der Waals surface area contributed by atoms with Gasteiger partial charge in [0.2, 0.25) is 0 Å². The molecule has 162 valence electrons. The fraction of sp³-hybridized carbons (Fsp3) is 0.760. The molecular weight excluding hydrogens is 387 g/mol. The minimum absolute atomic E-state index is 0.0763. The molecule has 0 bridgehead atoms. The van der Waals surface area contributed by atoms with Crippen molar-refractivity contribution in [1.82, 2.24) is 0 Å². The van der Waals surface area contributed by atoms with Gasteiger partial charge in [-0.2, -0.15) is 0 Å². The Labute approximate surface area is 180 Å². The molecule has 1 aromatic carbocycles. The van der Waals surface area contributed by atoms with Gasteiger partial charge in [-0.05, 0) is 92.7 Å². The number of halogens is 2. The van der Waals surface area contributed by atoms with Crippen LogP contribution in [0.5, 0.6) is 0 Å². The van der Waals surface area contributed by atoms with Crippen LogP contribution < -0.4 is 0 Å². The predicted molar refractivity (Wildman–Crippen MR) is 116 cm³/mol. The molecule has 4 rings (SSSR count). The summed E-state index contributed by atoms with van der Waals surface area (Å²) < 4.78 is 24.8. The van der Waals surface area contributed by atoms with Crippen LogP contribution in [0.4, 0.5) is 4.39 Å². The molecule has 1 aliphatic heterocycles. The summed E-state index contributed by atoms with van der Waals surface area (Å²) in [5.41, 5.74) is 1.08. The fourth-order valence-electron chi connectivity index (χ4n) is 5.91. The minimum atomic E-state index is -0.285. The molecule has 1 saturated heterocycles. The normalized spacial score (nSPS) is 31.2. The van der Waals surface area contributed by atoms with E-state index in [1.165, 1.54) is 64.2 Å². The first-order valence-corrected chi connectivity index (χ1v) is 12.2. The maximum atomic E-state index is 13.6. The van der Waals surface area contributed by atoms with Gasteiger partial charge in [-0.3, -0.25) is 0 Å². The summed E-state index contributed by atoms with van der Waals surface area (Å²) in [7, 11) is 0. The van der Waals surface area contributed by atoms with Gasteiger partial charge < -0.3 is 9.47 Å². The number of hydrogen-bond donors (Lipinski definition) is 0. The van der Waals surface area contributed by atoms with Crippen molar-refractivity contribution in [2.24, 2.45) is 23.7 Å². The van der Waals surface area contributed by atoms with Crippen LogP contribution in [0, 0.1) is 29.5 Å². The second kappa shape index (κ2) is 10.6. The lowest BCUT2D eigenvalue weighted by molar-refractivity contribution is -0.0514. The molecule has 29 heavy (non-hydrogen) atoms. The van der Waals surface area contributed by atoms with Crippen LogP contribution in [0.1, 0.15) is 76.2 Å². The summed E-state index contributed by atoms with van der Waals surface area (Å²) in [5, 5.41) is 0.226. The first-order chi connectivity index (χ1) is 14.2. The predicted octanol–water partition coefficient (Wildman–Crippen LogP) is 7.18. The lowest BCUT2D eigenvalue weighted by atomic mass is 9.68. The Kier molecular flexibility index (Phi) is 7.89. The van der Waals surface area contributed by atoms with Crippen molar-refractivity contribution >= 4 is 11.6 Å². The molecule has 3 aliphatic rings. The molecule has 0 N–H and O–H groups in total. The smallest absolute Gasteiger partial charge is 0.157 e. The van der Waals surface area contributed by atoms with Gasteiger partial charge in [0, 0.05) is 0 Å². The van der Waals surface area contributed by atoms with Crippen molar-refractivity contribution in [2.45, 2.75) is 83.3 Å². The summed E-state index contributed by atoms with van der Waals surface area (Å²) in [4.78, 5) is 0. The Morgan fingerprint density at radius 2 is 1.38 bits per heavy atom. The van der Waals surface area contributed by atoms with Gasteiger partial charge in [-0.1, -0.05) is 43.4 Å². The zero-order valence-corrected chi connectivity index (χ0v) is 18.3. The highest BCUT2D eigenvalue weighted by Crippen LogP contribution is 2.43. The van der Waals surface area contributed by atoms with Gasteiger partial charge in [0.1, 0.15) is 5.82 Å². The Bertz CT molecular complexity index is 630. The maximum Gasteiger partial charge on any atom is 0.157 e. The van der Waals surface area contributed by atoms with Crippen molar-refractivity contribution in [1.29, 1.82) is 0 Å². The van der Waals surface area contributed by atoms with E-state index in [0.717, 1.165) is 55.3 Å². The molecule has 1 heterocycles. The number of hydrogen-bond acceptors (Lipinski definition) is 2. The third-order valence-corrected chi connectivity index (χ3v) is 8.08. The van der Waals surface area contributed by atoms with Gasteiger partial charge >= 0.3 is 0 Å². The quantitative estimate of drug-likeness (QED) is 0.463. The zero-order chi connectivity index (χ0) is 20.1. The summed E-state index contributed by atoms with van der Waals surface area (Å²) in [6.07, 6.45) is 15.8. The third-order valence-electron chi connectivity index (χ3n) is 7.78. The topological polar surface area (TPSA) is 18.5 Å². The average molecular weight is 423 g/mol. The largest absolute Gasteiger partial charge is 0.350 e. The van der Waals surface area contributed by atoms with Crippen LogP contribution in [-0.2, 0) is 15.9 Å². The molecule has 4 heteroatoms. The number of ether oxygens (including phenoxy) is 2. The van der Waals surface area contributed by atoms with Crippen LogP contribution in [0.25, 0.3) is 0 Å². The molecule has 2 nitrogen and oxygen atoms in total. The monoisotopic (exact) mass is 422 g/mol. The number of benzene rings is 1. The number of aryl methyl sites for hydroxylation is 1.